The van der Waals surface area contributed by atoms with Crippen molar-refractivity contribution in [3.8, 4) is 0 Å². The maximum Gasteiger partial charge on any atom is 0.0598 e. The Kier molecular flexibility index (Phi) is 8.04. The molecule has 0 aromatic rings. The highest BCUT2D eigenvalue weighted by Crippen LogP contribution is 2.16. The molecule has 98 valence electrons. The van der Waals surface area contributed by atoms with Gasteiger partial charge < -0.3 is 9.84 Å². The van der Waals surface area contributed by atoms with Gasteiger partial charge in [-0.05, 0) is 39.5 Å². The average molecular weight is 230 g/mol. The summed E-state index contributed by atoms with van der Waals surface area (Å²) in [5, 5.41) is 9.92. The van der Waals surface area contributed by atoms with Crippen LogP contribution in [0.15, 0.2) is 0 Å². The van der Waals surface area contributed by atoms with Gasteiger partial charge >= 0.3 is 0 Å². The number of rotatable bonds is 8. The maximum atomic E-state index is 9.92. The fourth-order valence-corrected chi connectivity index (χ4v) is 1.63. The predicted molar refractivity (Wildman–Crippen MR) is 69.6 cm³/mol. The van der Waals surface area contributed by atoms with Crippen molar-refractivity contribution in [3.05, 3.63) is 0 Å². The molecule has 0 radical (unpaired) electrons. The number of hydrogen-bond acceptors (Lipinski definition) is 2. The van der Waals surface area contributed by atoms with Crippen LogP contribution in [0.5, 0.6) is 0 Å². The monoisotopic (exact) mass is 230 g/mol. The molecule has 0 aromatic heterocycles. The van der Waals surface area contributed by atoms with Crippen LogP contribution in [0.25, 0.3) is 0 Å². The van der Waals surface area contributed by atoms with Crippen molar-refractivity contribution in [1.29, 1.82) is 0 Å². The summed E-state index contributed by atoms with van der Waals surface area (Å²) >= 11 is 0. The molecular weight excluding hydrogens is 200 g/mol. The van der Waals surface area contributed by atoms with E-state index in [0.29, 0.717) is 5.92 Å². The molecule has 2 heteroatoms. The number of unbranched alkanes of at least 4 members (excludes halogenated alkanes) is 2. The van der Waals surface area contributed by atoms with Crippen molar-refractivity contribution in [1.82, 2.24) is 0 Å². The first-order chi connectivity index (χ1) is 7.37. The Bertz CT molecular complexity index is 161. The summed E-state index contributed by atoms with van der Waals surface area (Å²) in [5.74, 6) is 0.346. The van der Waals surface area contributed by atoms with Gasteiger partial charge in [-0.3, -0.25) is 0 Å². The Hall–Kier alpha value is -0.0800. The average Bonchev–Trinajstić information content (AvgIpc) is 2.15. The van der Waals surface area contributed by atoms with Crippen LogP contribution in [0, 0.1) is 5.92 Å². The zero-order valence-electron chi connectivity index (χ0n) is 11.8. The molecule has 0 aliphatic rings. The molecule has 1 N–H and O–H groups in total. The van der Waals surface area contributed by atoms with Crippen molar-refractivity contribution >= 4 is 0 Å². The molecule has 2 nitrogen and oxygen atoms in total. The van der Waals surface area contributed by atoms with Crippen molar-refractivity contribution < 1.29 is 9.84 Å². The van der Waals surface area contributed by atoms with Crippen LogP contribution < -0.4 is 0 Å². The van der Waals surface area contributed by atoms with E-state index in [1.807, 2.05) is 0 Å². The highest BCUT2D eigenvalue weighted by atomic mass is 16.5. The third kappa shape index (κ3) is 9.17. The Morgan fingerprint density at radius 1 is 1.12 bits per heavy atom. The first-order valence-electron chi connectivity index (χ1n) is 6.69. The Morgan fingerprint density at radius 2 is 1.75 bits per heavy atom. The number of hydrogen-bond donors (Lipinski definition) is 1. The minimum Gasteiger partial charge on any atom is -0.393 e. The molecule has 2 unspecified atom stereocenters. The van der Waals surface area contributed by atoms with Crippen LogP contribution in [0.2, 0.25) is 0 Å². The lowest BCUT2D eigenvalue weighted by molar-refractivity contribution is -0.0180. The smallest absolute Gasteiger partial charge is 0.0598 e. The summed E-state index contributed by atoms with van der Waals surface area (Å²) in [4.78, 5) is 0. The third-order valence-electron chi connectivity index (χ3n) is 2.87. The first kappa shape index (κ1) is 15.9. The predicted octanol–water partition coefficient (Wildman–Crippen LogP) is 3.77. The fraction of sp³-hybridized carbons (Fsp3) is 1.00. The summed E-state index contributed by atoms with van der Waals surface area (Å²) < 4.78 is 5.66. The summed E-state index contributed by atoms with van der Waals surface area (Å²) in [6, 6.07) is 0. The molecule has 0 fully saturated rings. The molecule has 0 heterocycles. The molecule has 0 spiro atoms. The lowest BCUT2D eigenvalue weighted by atomic mass is 9.96. The van der Waals surface area contributed by atoms with Gasteiger partial charge in [0.05, 0.1) is 11.7 Å². The van der Waals surface area contributed by atoms with Gasteiger partial charge in [-0.2, -0.15) is 0 Å². The number of ether oxygens (including phenoxy) is 1. The molecule has 16 heavy (non-hydrogen) atoms. The lowest BCUT2D eigenvalue weighted by Crippen LogP contribution is -2.24. The minimum absolute atomic E-state index is 0.0626. The normalized spacial score (nSPS) is 16.1. The lowest BCUT2D eigenvalue weighted by Gasteiger charge is -2.23. The molecule has 0 saturated heterocycles. The van der Waals surface area contributed by atoms with E-state index in [4.69, 9.17) is 4.74 Å². The standard InChI is InChI=1S/C14H30O2/c1-6-7-8-9-13(15)12(2)10-11-16-14(3,4)5/h12-13,15H,6-11H2,1-5H3. The van der Waals surface area contributed by atoms with Crippen LogP contribution in [-0.4, -0.2) is 23.4 Å². The molecular formula is C14H30O2. The molecule has 0 bridgehead atoms. The third-order valence-corrected chi connectivity index (χ3v) is 2.87. The summed E-state index contributed by atoms with van der Waals surface area (Å²) in [6.45, 7) is 11.2. The van der Waals surface area contributed by atoms with Gasteiger partial charge in [0, 0.05) is 6.61 Å². The van der Waals surface area contributed by atoms with Crippen molar-refractivity contribution in [2.45, 2.75) is 78.4 Å². The molecule has 0 aromatic carbocycles. The summed E-state index contributed by atoms with van der Waals surface area (Å²) in [6.07, 6.45) is 5.31. The van der Waals surface area contributed by atoms with Gasteiger partial charge in [-0.1, -0.05) is 33.1 Å². The number of aliphatic hydroxyl groups is 1. The molecule has 0 saturated carbocycles. The van der Waals surface area contributed by atoms with Crippen molar-refractivity contribution in [3.63, 3.8) is 0 Å². The minimum atomic E-state index is -0.157. The highest BCUT2D eigenvalue weighted by Gasteiger charge is 2.15. The van der Waals surface area contributed by atoms with E-state index >= 15 is 0 Å². The van der Waals surface area contributed by atoms with Gasteiger partial charge in [0.2, 0.25) is 0 Å². The van der Waals surface area contributed by atoms with E-state index in [-0.39, 0.29) is 11.7 Å². The molecule has 2 atom stereocenters. The van der Waals surface area contributed by atoms with Gasteiger partial charge in [0.25, 0.3) is 0 Å². The van der Waals surface area contributed by atoms with E-state index in [0.717, 1.165) is 25.9 Å². The van der Waals surface area contributed by atoms with E-state index < -0.39 is 0 Å². The van der Waals surface area contributed by atoms with E-state index in [1.165, 1.54) is 12.8 Å². The Balaban J connectivity index is 3.58. The molecule has 0 aliphatic carbocycles. The van der Waals surface area contributed by atoms with Crippen LogP contribution in [-0.2, 0) is 4.74 Å². The van der Waals surface area contributed by atoms with Crippen molar-refractivity contribution in [2.75, 3.05) is 6.61 Å². The van der Waals surface area contributed by atoms with Crippen molar-refractivity contribution in [2.24, 2.45) is 5.92 Å². The van der Waals surface area contributed by atoms with E-state index in [2.05, 4.69) is 34.6 Å². The van der Waals surface area contributed by atoms with E-state index in [9.17, 15) is 5.11 Å². The maximum absolute atomic E-state index is 9.92. The second-order valence-corrected chi connectivity index (χ2v) is 5.79. The van der Waals surface area contributed by atoms with Crippen LogP contribution >= 0.6 is 0 Å². The highest BCUT2D eigenvalue weighted by molar-refractivity contribution is 4.66. The Labute approximate surface area is 101 Å². The second kappa shape index (κ2) is 8.08. The first-order valence-corrected chi connectivity index (χ1v) is 6.69. The quantitative estimate of drug-likeness (QED) is 0.643. The zero-order valence-corrected chi connectivity index (χ0v) is 11.8. The summed E-state index contributed by atoms with van der Waals surface area (Å²) in [7, 11) is 0. The largest absolute Gasteiger partial charge is 0.393 e. The topological polar surface area (TPSA) is 29.5 Å². The molecule has 0 amide bonds. The van der Waals surface area contributed by atoms with Gasteiger partial charge in [-0.25, -0.2) is 0 Å². The van der Waals surface area contributed by atoms with Gasteiger partial charge in [0.15, 0.2) is 0 Å². The van der Waals surface area contributed by atoms with Crippen LogP contribution in [0.3, 0.4) is 0 Å². The molecule has 0 rings (SSSR count). The zero-order chi connectivity index (χ0) is 12.6. The van der Waals surface area contributed by atoms with Crippen LogP contribution in [0.4, 0.5) is 0 Å². The summed E-state index contributed by atoms with van der Waals surface area (Å²) in [5.41, 5.74) is -0.0626. The van der Waals surface area contributed by atoms with E-state index in [1.54, 1.807) is 0 Å². The van der Waals surface area contributed by atoms with Gasteiger partial charge in [-0.15, -0.1) is 0 Å². The fourth-order valence-electron chi connectivity index (χ4n) is 1.63. The Morgan fingerprint density at radius 3 is 2.25 bits per heavy atom. The SMILES string of the molecule is CCCCCC(O)C(C)CCOC(C)(C)C. The van der Waals surface area contributed by atoms with Crippen LogP contribution in [0.1, 0.15) is 66.7 Å². The van der Waals surface area contributed by atoms with Gasteiger partial charge in [0.1, 0.15) is 0 Å². The molecule has 0 aliphatic heterocycles. The second-order valence-electron chi connectivity index (χ2n) is 5.79. The number of aliphatic hydroxyl groups excluding tert-OH is 1.